The van der Waals surface area contributed by atoms with Gasteiger partial charge >= 0.3 is 0 Å². The van der Waals surface area contributed by atoms with Gasteiger partial charge in [-0.1, -0.05) is 13.8 Å². The van der Waals surface area contributed by atoms with E-state index in [1.807, 2.05) is 20.8 Å². The van der Waals surface area contributed by atoms with Crippen molar-refractivity contribution >= 4 is 11.6 Å². The zero-order valence-corrected chi connectivity index (χ0v) is 9.82. The van der Waals surface area contributed by atoms with Crippen LogP contribution in [0.15, 0.2) is 18.2 Å². The minimum absolute atomic E-state index is 0.0948. The van der Waals surface area contributed by atoms with E-state index in [9.17, 15) is 9.90 Å². The number of nitrogens with one attached hydrogen (secondary N) is 1. The van der Waals surface area contributed by atoms with Gasteiger partial charge in [-0.15, -0.1) is 0 Å². The third-order valence-electron chi connectivity index (χ3n) is 2.49. The van der Waals surface area contributed by atoms with Gasteiger partial charge in [0.15, 0.2) is 0 Å². The topological polar surface area (TPSA) is 75.3 Å². The van der Waals surface area contributed by atoms with Crippen LogP contribution >= 0.6 is 0 Å². The minimum Gasteiger partial charge on any atom is -0.508 e. The minimum atomic E-state index is -0.520. The maximum absolute atomic E-state index is 11.7. The molecule has 0 unspecified atom stereocenters. The Kier molecular flexibility index (Phi) is 3.90. The number of amides is 1. The Bertz CT molecular complexity index is 389. The molecule has 0 aromatic heterocycles. The number of hydrogen-bond donors (Lipinski definition) is 3. The molecule has 0 bridgehead atoms. The van der Waals surface area contributed by atoms with Crippen molar-refractivity contribution < 1.29 is 9.90 Å². The number of nitrogens with two attached hydrogens (primary N) is 1. The van der Waals surface area contributed by atoms with Crippen molar-refractivity contribution in [3.8, 4) is 5.75 Å². The SMILES string of the molecule is Cc1cc(O)ccc1NC(=O)[C@@H](N)C(C)C. The number of benzene rings is 1. The highest BCUT2D eigenvalue weighted by atomic mass is 16.3. The van der Waals surface area contributed by atoms with Crippen molar-refractivity contribution in [2.45, 2.75) is 26.8 Å². The van der Waals surface area contributed by atoms with Crippen LogP contribution in [0.3, 0.4) is 0 Å². The van der Waals surface area contributed by atoms with Crippen LogP contribution in [-0.2, 0) is 4.79 Å². The lowest BCUT2D eigenvalue weighted by Gasteiger charge is -2.16. The molecule has 1 aromatic carbocycles. The molecule has 88 valence electrons. The Morgan fingerprint density at radius 1 is 1.44 bits per heavy atom. The monoisotopic (exact) mass is 222 g/mol. The van der Waals surface area contributed by atoms with Gasteiger partial charge in [0.25, 0.3) is 0 Å². The molecule has 4 nitrogen and oxygen atoms in total. The molecule has 0 radical (unpaired) electrons. The van der Waals surface area contributed by atoms with Gasteiger partial charge in [0.1, 0.15) is 5.75 Å². The summed E-state index contributed by atoms with van der Waals surface area (Å²) in [5.74, 6) is 0.0740. The van der Waals surface area contributed by atoms with Gasteiger partial charge in [-0.25, -0.2) is 0 Å². The number of rotatable bonds is 3. The van der Waals surface area contributed by atoms with E-state index in [4.69, 9.17) is 5.73 Å². The van der Waals surface area contributed by atoms with Crippen LogP contribution in [0.4, 0.5) is 5.69 Å². The van der Waals surface area contributed by atoms with Crippen LogP contribution in [0.1, 0.15) is 19.4 Å². The number of aryl methyl sites for hydroxylation is 1. The normalized spacial score (nSPS) is 12.6. The molecule has 0 spiro atoms. The fourth-order valence-electron chi connectivity index (χ4n) is 1.31. The molecule has 4 N–H and O–H groups in total. The molecule has 0 saturated carbocycles. The molecule has 0 aliphatic heterocycles. The van der Waals surface area contributed by atoms with Gasteiger partial charge in [-0.3, -0.25) is 4.79 Å². The van der Waals surface area contributed by atoms with Crippen LogP contribution in [-0.4, -0.2) is 17.1 Å². The lowest BCUT2D eigenvalue weighted by molar-refractivity contribution is -0.118. The van der Waals surface area contributed by atoms with Crippen molar-refractivity contribution in [2.75, 3.05) is 5.32 Å². The van der Waals surface area contributed by atoms with Crippen LogP contribution in [0.2, 0.25) is 0 Å². The highest BCUT2D eigenvalue weighted by molar-refractivity contribution is 5.95. The Labute approximate surface area is 95.5 Å². The highest BCUT2D eigenvalue weighted by Gasteiger charge is 2.17. The molecule has 0 saturated heterocycles. The average Bonchev–Trinajstić information content (AvgIpc) is 2.20. The molecule has 0 aliphatic carbocycles. The Morgan fingerprint density at radius 2 is 2.06 bits per heavy atom. The molecule has 0 fully saturated rings. The first-order valence-corrected chi connectivity index (χ1v) is 5.28. The summed E-state index contributed by atoms with van der Waals surface area (Å²) in [5, 5.41) is 12.0. The molecule has 16 heavy (non-hydrogen) atoms. The molecule has 0 heterocycles. The first-order valence-electron chi connectivity index (χ1n) is 5.28. The van der Waals surface area contributed by atoms with Gasteiger partial charge in [0.05, 0.1) is 6.04 Å². The summed E-state index contributed by atoms with van der Waals surface area (Å²) in [6.07, 6.45) is 0. The summed E-state index contributed by atoms with van der Waals surface area (Å²) in [5.41, 5.74) is 7.22. The van der Waals surface area contributed by atoms with Gasteiger partial charge < -0.3 is 16.2 Å². The Morgan fingerprint density at radius 3 is 2.56 bits per heavy atom. The summed E-state index contributed by atoms with van der Waals surface area (Å²) in [4.78, 5) is 11.7. The van der Waals surface area contributed by atoms with Gasteiger partial charge in [-0.05, 0) is 36.6 Å². The van der Waals surface area contributed by atoms with Crippen LogP contribution in [0.25, 0.3) is 0 Å². The number of anilines is 1. The summed E-state index contributed by atoms with van der Waals surface area (Å²) in [6, 6.07) is 4.27. The van der Waals surface area contributed by atoms with Crippen molar-refractivity contribution in [2.24, 2.45) is 11.7 Å². The molecular weight excluding hydrogens is 204 g/mol. The Hall–Kier alpha value is -1.55. The number of phenols is 1. The lowest BCUT2D eigenvalue weighted by Crippen LogP contribution is -2.39. The molecule has 1 aromatic rings. The van der Waals surface area contributed by atoms with Crippen molar-refractivity contribution in [1.82, 2.24) is 0 Å². The van der Waals surface area contributed by atoms with E-state index in [0.717, 1.165) is 5.56 Å². The summed E-state index contributed by atoms with van der Waals surface area (Å²) in [6.45, 7) is 5.61. The van der Waals surface area contributed by atoms with Gasteiger partial charge in [-0.2, -0.15) is 0 Å². The van der Waals surface area contributed by atoms with Crippen molar-refractivity contribution in [3.05, 3.63) is 23.8 Å². The van der Waals surface area contributed by atoms with Crippen LogP contribution in [0.5, 0.6) is 5.75 Å². The predicted molar refractivity (Wildman–Crippen MR) is 64.3 cm³/mol. The third-order valence-corrected chi connectivity index (χ3v) is 2.49. The van der Waals surface area contributed by atoms with E-state index in [1.54, 1.807) is 12.1 Å². The predicted octanol–water partition coefficient (Wildman–Crippen LogP) is 1.62. The molecule has 1 rings (SSSR count). The zero-order valence-electron chi connectivity index (χ0n) is 9.82. The third kappa shape index (κ3) is 2.97. The van der Waals surface area contributed by atoms with Gasteiger partial charge in [0, 0.05) is 5.69 Å². The zero-order chi connectivity index (χ0) is 12.3. The van der Waals surface area contributed by atoms with E-state index in [-0.39, 0.29) is 17.6 Å². The summed E-state index contributed by atoms with van der Waals surface area (Å²) in [7, 11) is 0. The second-order valence-corrected chi connectivity index (χ2v) is 4.26. The lowest BCUT2D eigenvalue weighted by atomic mass is 10.0. The molecule has 1 atom stereocenters. The van der Waals surface area contributed by atoms with Crippen LogP contribution < -0.4 is 11.1 Å². The summed E-state index contributed by atoms with van der Waals surface area (Å²) >= 11 is 0. The molecule has 0 aliphatic rings. The standard InChI is InChI=1S/C12H18N2O2/c1-7(2)11(13)12(16)14-10-5-4-9(15)6-8(10)3/h4-7,11,15H,13H2,1-3H3,(H,14,16)/t11-/m0/s1. The van der Waals surface area contributed by atoms with Crippen LogP contribution in [0, 0.1) is 12.8 Å². The first-order chi connectivity index (χ1) is 7.41. The average molecular weight is 222 g/mol. The largest absolute Gasteiger partial charge is 0.508 e. The van der Waals surface area contributed by atoms with E-state index in [0.29, 0.717) is 5.69 Å². The fraction of sp³-hybridized carbons (Fsp3) is 0.417. The van der Waals surface area contributed by atoms with Crippen molar-refractivity contribution in [3.63, 3.8) is 0 Å². The van der Waals surface area contributed by atoms with E-state index < -0.39 is 6.04 Å². The quantitative estimate of drug-likeness (QED) is 0.680. The first kappa shape index (κ1) is 12.5. The maximum atomic E-state index is 11.7. The van der Waals surface area contributed by atoms with Gasteiger partial charge in [0.2, 0.25) is 5.91 Å². The fourth-order valence-corrected chi connectivity index (χ4v) is 1.31. The highest BCUT2D eigenvalue weighted by Crippen LogP contribution is 2.20. The Balaban J connectivity index is 2.77. The second-order valence-electron chi connectivity index (χ2n) is 4.26. The number of hydrogen-bond acceptors (Lipinski definition) is 3. The molecular formula is C12H18N2O2. The van der Waals surface area contributed by atoms with Crippen molar-refractivity contribution in [1.29, 1.82) is 0 Å². The maximum Gasteiger partial charge on any atom is 0.241 e. The number of aromatic hydroxyl groups is 1. The number of carbonyl (C=O) groups is 1. The summed E-state index contributed by atoms with van der Waals surface area (Å²) < 4.78 is 0. The molecule has 4 heteroatoms. The van der Waals surface area contributed by atoms with E-state index in [1.165, 1.54) is 6.07 Å². The number of phenolic OH excluding ortho intramolecular Hbond substituents is 1. The van der Waals surface area contributed by atoms with E-state index in [2.05, 4.69) is 5.32 Å². The number of carbonyl (C=O) groups excluding carboxylic acids is 1. The van der Waals surface area contributed by atoms with E-state index >= 15 is 0 Å². The molecule has 1 amide bonds. The smallest absolute Gasteiger partial charge is 0.241 e. The second kappa shape index (κ2) is 4.99.